The summed E-state index contributed by atoms with van der Waals surface area (Å²) in [5.41, 5.74) is 2.46. The molecule has 0 bridgehead atoms. The monoisotopic (exact) mass is 374 g/mol. The van der Waals surface area contributed by atoms with Crippen molar-refractivity contribution in [3.8, 4) is 0 Å². The number of hydrogen-bond donors (Lipinski definition) is 2. The molecule has 1 saturated heterocycles. The molecular formula is C22H38N4O. The molecule has 5 heteroatoms. The lowest BCUT2D eigenvalue weighted by atomic mass is 10.1. The number of benzene rings is 1. The lowest BCUT2D eigenvalue weighted by molar-refractivity contribution is 0.121. The Morgan fingerprint density at radius 1 is 1.22 bits per heavy atom. The Morgan fingerprint density at radius 2 is 1.96 bits per heavy atom. The average molecular weight is 375 g/mol. The number of likely N-dealkylation sites (tertiary alicyclic amines) is 1. The van der Waals surface area contributed by atoms with Crippen LogP contribution in [0.4, 0.5) is 0 Å². The first-order valence-corrected chi connectivity index (χ1v) is 10.5. The van der Waals surface area contributed by atoms with E-state index in [1.165, 1.54) is 11.1 Å². The second-order valence-corrected chi connectivity index (χ2v) is 7.79. The van der Waals surface area contributed by atoms with Gasteiger partial charge in [-0.15, -0.1) is 0 Å². The van der Waals surface area contributed by atoms with Crippen LogP contribution >= 0.6 is 0 Å². The van der Waals surface area contributed by atoms with E-state index >= 15 is 0 Å². The predicted octanol–water partition coefficient (Wildman–Crippen LogP) is 3.40. The summed E-state index contributed by atoms with van der Waals surface area (Å²) in [7, 11) is 0. The summed E-state index contributed by atoms with van der Waals surface area (Å²) in [6.45, 7) is 16.3. The van der Waals surface area contributed by atoms with Crippen LogP contribution in [0.1, 0.15) is 52.2 Å². The van der Waals surface area contributed by atoms with Gasteiger partial charge in [0, 0.05) is 38.3 Å². The van der Waals surface area contributed by atoms with Crippen molar-refractivity contribution in [2.45, 2.75) is 66.3 Å². The normalized spacial score (nSPS) is 21.0. The minimum Gasteiger partial charge on any atom is -0.377 e. The molecule has 0 radical (unpaired) electrons. The van der Waals surface area contributed by atoms with Crippen molar-refractivity contribution in [2.24, 2.45) is 10.9 Å². The fourth-order valence-electron chi connectivity index (χ4n) is 3.45. The number of hydrogen-bond acceptors (Lipinski definition) is 3. The van der Waals surface area contributed by atoms with Crippen molar-refractivity contribution in [3.05, 3.63) is 35.4 Å². The molecule has 0 amide bonds. The van der Waals surface area contributed by atoms with Crippen molar-refractivity contribution in [1.29, 1.82) is 0 Å². The minimum absolute atomic E-state index is 0.438. The number of rotatable bonds is 9. The topological polar surface area (TPSA) is 48.9 Å². The zero-order chi connectivity index (χ0) is 19.6. The molecule has 0 aliphatic carbocycles. The summed E-state index contributed by atoms with van der Waals surface area (Å²) in [6.07, 6.45) is 1.04. The van der Waals surface area contributed by atoms with Crippen LogP contribution in [0.15, 0.2) is 29.3 Å². The summed E-state index contributed by atoms with van der Waals surface area (Å²) in [4.78, 5) is 7.39. The third-order valence-corrected chi connectivity index (χ3v) is 5.17. The van der Waals surface area contributed by atoms with Crippen molar-refractivity contribution in [3.63, 3.8) is 0 Å². The van der Waals surface area contributed by atoms with E-state index < -0.39 is 0 Å². The third-order valence-electron chi connectivity index (χ3n) is 5.17. The average Bonchev–Trinajstić information content (AvgIpc) is 3.02. The summed E-state index contributed by atoms with van der Waals surface area (Å²) in [5, 5.41) is 7.06. The molecule has 2 atom stereocenters. The van der Waals surface area contributed by atoms with Gasteiger partial charge in [0.2, 0.25) is 0 Å². The molecule has 0 saturated carbocycles. The smallest absolute Gasteiger partial charge is 0.191 e. The Kier molecular flexibility index (Phi) is 9.08. The number of guanidine groups is 1. The van der Waals surface area contributed by atoms with E-state index in [0.717, 1.165) is 38.6 Å². The second-order valence-electron chi connectivity index (χ2n) is 7.79. The van der Waals surface area contributed by atoms with Crippen LogP contribution in [0.5, 0.6) is 0 Å². The molecular weight excluding hydrogens is 336 g/mol. The van der Waals surface area contributed by atoms with Gasteiger partial charge in [0.25, 0.3) is 0 Å². The Labute approximate surface area is 165 Å². The zero-order valence-electron chi connectivity index (χ0n) is 17.8. The van der Waals surface area contributed by atoms with Gasteiger partial charge < -0.3 is 15.4 Å². The SMILES string of the molecule is CCCOCc1ccccc1CN=C(NCC)NC1CN(C(C)C)CC1C. The van der Waals surface area contributed by atoms with E-state index in [-0.39, 0.29) is 0 Å². The van der Waals surface area contributed by atoms with Crippen LogP contribution in [0, 0.1) is 5.92 Å². The van der Waals surface area contributed by atoms with Crippen LogP contribution in [0.3, 0.4) is 0 Å². The van der Waals surface area contributed by atoms with Gasteiger partial charge in [-0.25, -0.2) is 4.99 Å². The highest BCUT2D eigenvalue weighted by molar-refractivity contribution is 5.80. The summed E-state index contributed by atoms with van der Waals surface area (Å²) in [6, 6.07) is 9.47. The fraction of sp³-hybridized carbons (Fsp3) is 0.682. The molecule has 1 aromatic rings. The summed E-state index contributed by atoms with van der Waals surface area (Å²) in [5.74, 6) is 1.52. The molecule has 5 nitrogen and oxygen atoms in total. The maximum atomic E-state index is 5.73. The van der Waals surface area contributed by atoms with Crippen LogP contribution in [0.25, 0.3) is 0 Å². The van der Waals surface area contributed by atoms with Crippen molar-refractivity contribution < 1.29 is 4.74 Å². The van der Waals surface area contributed by atoms with Gasteiger partial charge in [-0.05, 0) is 44.2 Å². The van der Waals surface area contributed by atoms with E-state index in [9.17, 15) is 0 Å². The Bertz CT molecular complexity index is 587. The largest absolute Gasteiger partial charge is 0.377 e. The number of nitrogens with zero attached hydrogens (tertiary/aromatic N) is 2. The summed E-state index contributed by atoms with van der Waals surface area (Å²) < 4.78 is 5.73. The van der Waals surface area contributed by atoms with Crippen LogP contribution in [-0.2, 0) is 17.9 Å². The minimum atomic E-state index is 0.438. The zero-order valence-corrected chi connectivity index (χ0v) is 17.8. The lowest BCUT2D eigenvalue weighted by Crippen LogP contribution is -2.46. The van der Waals surface area contributed by atoms with Gasteiger partial charge in [-0.2, -0.15) is 0 Å². The van der Waals surface area contributed by atoms with E-state index in [4.69, 9.17) is 9.73 Å². The molecule has 2 N–H and O–H groups in total. The predicted molar refractivity (Wildman–Crippen MR) is 114 cm³/mol. The highest BCUT2D eigenvalue weighted by atomic mass is 16.5. The van der Waals surface area contributed by atoms with Gasteiger partial charge in [0.1, 0.15) is 0 Å². The van der Waals surface area contributed by atoms with Crippen molar-refractivity contribution in [1.82, 2.24) is 15.5 Å². The fourth-order valence-corrected chi connectivity index (χ4v) is 3.45. The molecule has 27 heavy (non-hydrogen) atoms. The molecule has 1 aliphatic heterocycles. The number of aliphatic imine (C=N–C) groups is 1. The first-order chi connectivity index (χ1) is 13.0. The molecule has 1 fully saturated rings. The third kappa shape index (κ3) is 6.82. The highest BCUT2D eigenvalue weighted by Gasteiger charge is 2.31. The van der Waals surface area contributed by atoms with Gasteiger partial charge in [-0.3, -0.25) is 4.90 Å². The molecule has 1 heterocycles. The van der Waals surface area contributed by atoms with Gasteiger partial charge in [0.15, 0.2) is 5.96 Å². The first-order valence-electron chi connectivity index (χ1n) is 10.5. The Hall–Kier alpha value is -1.59. The lowest BCUT2D eigenvalue weighted by Gasteiger charge is -2.22. The molecule has 0 spiro atoms. The molecule has 2 unspecified atom stereocenters. The van der Waals surface area contributed by atoms with Crippen molar-refractivity contribution >= 4 is 5.96 Å². The maximum absolute atomic E-state index is 5.73. The van der Waals surface area contributed by atoms with E-state index in [1.807, 2.05) is 0 Å². The number of nitrogens with one attached hydrogen (secondary N) is 2. The van der Waals surface area contributed by atoms with E-state index in [1.54, 1.807) is 0 Å². The van der Waals surface area contributed by atoms with Gasteiger partial charge >= 0.3 is 0 Å². The Morgan fingerprint density at radius 3 is 2.59 bits per heavy atom. The maximum Gasteiger partial charge on any atom is 0.191 e. The Balaban J connectivity index is 2.01. The van der Waals surface area contributed by atoms with E-state index in [0.29, 0.717) is 31.2 Å². The molecule has 0 aromatic heterocycles. The van der Waals surface area contributed by atoms with Crippen LogP contribution in [0.2, 0.25) is 0 Å². The number of ether oxygens (including phenoxy) is 1. The standard InChI is InChI=1S/C22H38N4O/c1-6-12-27-16-20-11-9-8-10-19(20)13-24-22(23-7-2)25-21-15-26(17(3)4)14-18(21)5/h8-11,17-18,21H,6-7,12-16H2,1-5H3,(H2,23,24,25). The van der Waals surface area contributed by atoms with Crippen LogP contribution < -0.4 is 10.6 Å². The molecule has 2 rings (SSSR count). The summed E-state index contributed by atoms with van der Waals surface area (Å²) >= 11 is 0. The van der Waals surface area contributed by atoms with E-state index in [2.05, 4.69) is 74.4 Å². The quantitative estimate of drug-likeness (QED) is 0.395. The molecule has 1 aromatic carbocycles. The highest BCUT2D eigenvalue weighted by Crippen LogP contribution is 2.18. The van der Waals surface area contributed by atoms with Gasteiger partial charge in [-0.1, -0.05) is 38.1 Å². The first kappa shape index (κ1) is 21.7. The second kappa shape index (κ2) is 11.3. The molecule has 1 aliphatic rings. The molecule has 152 valence electrons. The van der Waals surface area contributed by atoms with Crippen LogP contribution in [-0.4, -0.2) is 49.2 Å². The van der Waals surface area contributed by atoms with Gasteiger partial charge in [0.05, 0.1) is 13.2 Å². The van der Waals surface area contributed by atoms with Crippen molar-refractivity contribution in [2.75, 3.05) is 26.2 Å².